The Morgan fingerprint density at radius 1 is 1.12 bits per heavy atom. The van der Waals surface area contributed by atoms with Crippen LogP contribution >= 0.6 is 46.4 Å². The van der Waals surface area contributed by atoms with Gasteiger partial charge in [-0.25, -0.2) is 8.42 Å². The van der Waals surface area contributed by atoms with Crippen LogP contribution in [0.1, 0.15) is 12.5 Å². The van der Waals surface area contributed by atoms with Crippen molar-refractivity contribution < 1.29 is 13.2 Å². The van der Waals surface area contributed by atoms with Crippen LogP contribution in [0.2, 0.25) is 10.0 Å². The van der Waals surface area contributed by atoms with Crippen LogP contribution in [0.15, 0.2) is 53.4 Å². The first-order valence-electron chi connectivity index (χ1n) is 7.21. The molecule has 0 fully saturated rings. The van der Waals surface area contributed by atoms with Gasteiger partial charge in [0.25, 0.3) is 0 Å². The molecule has 2 aromatic rings. The molecular formula is C16H15Cl4NO3S. The summed E-state index contributed by atoms with van der Waals surface area (Å²) in [6, 6.07) is 12.7. The summed E-state index contributed by atoms with van der Waals surface area (Å²) in [4.78, 5) is -0.152. The fourth-order valence-corrected chi connectivity index (χ4v) is 4.63. The Bertz CT molecular complexity index is 829. The molecule has 2 aromatic carbocycles. The summed E-state index contributed by atoms with van der Waals surface area (Å²) in [5.74, 6) is 0. The van der Waals surface area contributed by atoms with Gasteiger partial charge in [0.2, 0.25) is 10.0 Å². The number of nitrogens with one attached hydrogen (secondary N) is 1. The van der Waals surface area contributed by atoms with Gasteiger partial charge in [0, 0.05) is 11.6 Å². The Hall–Kier alpha value is -0.530. The highest BCUT2D eigenvalue weighted by molar-refractivity contribution is 7.89. The third-order valence-corrected chi connectivity index (χ3v) is 6.22. The van der Waals surface area contributed by atoms with Crippen molar-refractivity contribution in [3.8, 4) is 0 Å². The molecule has 0 amide bonds. The SMILES string of the molecule is CCOC(NS(=O)(=O)c1ccc(Cl)cc1Cl)C(Cl)(Cl)c1ccccc1. The third-order valence-electron chi connectivity index (χ3n) is 3.27. The third kappa shape index (κ3) is 5.01. The molecule has 136 valence electrons. The number of ether oxygens (including phenoxy) is 1. The smallest absolute Gasteiger partial charge is 0.244 e. The van der Waals surface area contributed by atoms with Crippen molar-refractivity contribution >= 4 is 56.4 Å². The molecule has 0 bridgehead atoms. The lowest BCUT2D eigenvalue weighted by molar-refractivity contribution is 0.0423. The van der Waals surface area contributed by atoms with Crippen LogP contribution in [0.5, 0.6) is 0 Å². The second kappa shape index (κ2) is 8.44. The topological polar surface area (TPSA) is 55.4 Å². The minimum absolute atomic E-state index is 0.0234. The maximum absolute atomic E-state index is 12.7. The normalized spacial score (nSPS) is 13.6. The van der Waals surface area contributed by atoms with Crippen molar-refractivity contribution in [2.24, 2.45) is 0 Å². The van der Waals surface area contributed by atoms with Gasteiger partial charge >= 0.3 is 0 Å². The van der Waals surface area contributed by atoms with Gasteiger partial charge in [-0.1, -0.05) is 76.7 Å². The predicted octanol–water partition coefficient (Wildman–Crippen LogP) is 4.96. The zero-order valence-corrected chi connectivity index (χ0v) is 16.9. The molecule has 2 rings (SSSR count). The lowest BCUT2D eigenvalue weighted by Gasteiger charge is -2.30. The maximum Gasteiger partial charge on any atom is 0.244 e. The summed E-state index contributed by atoms with van der Waals surface area (Å²) < 4.78 is 31.6. The average Bonchev–Trinajstić information content (AvgIpc) is 2.54. The van der Waals surface area contributed by atoms with Crippen LogP contribution in [0.4, 0.5) is 0 Å². The van der Waals surface area contributed by atoms with E-state index >= 15 is 0 Å². The quantitative estimate of drug-likeness (QED) is 0.486. The number of hydrogen-bond donors (Lipinski definition) is 1. The molecule has 4 nitrogen and oxygen atoms in total. The first-order chi connectivity index (χ1) is 11.7. The van der Waals surface area contributed by atoms with Gasteiger partial charge < -0.3 is 4.74 Å². The molecule has 25 heavy (non-hydrogen) atoms. The van der Waals surface area contributed by atoms with Crippen LogP contribution < -0.4 is 4.72 Å². The largest absolute Gasteiger partial charge is 0.359 e. The molecule has 0 aliphatic rings. The maximum atomic E-state index is 12.7. The van der Waals surface area contributed by atoms with Gasteiger partial charge in [0.15, 0.2) is 10.6 Å². The number of benzene rings is 2. The fourth-order valence-electron chi connectivity index (χ4n) is 2.09. The molecule has 1 atom stereocenters. The second-order valence-electron chi connectivity index (χ2n) is 5.02. The lowest BCUT2D eigenvalue weighted by Crippen LogP contribution is -2.46. The van der Waals surface area contributed by atoms with Crippen molar-refractivity contribution in [1.29, 1.82) is 0 Å². The Kier molecular flexibility index (Phi) is 7.01. The Morgan fingerprint density at radius 3 is 2.32 bits per heavy atom. The first-order valence-corrected chi connectivity index (χ1v) is 10.2. The Morgan fingerprint density at radius 2 is 1.76 bits per heavy atom. The summed E-state index contributed by atoms with van der Waals surface area (Å²) in [5, 5.41) is 0.295. The van der Waals surface area contributed by atoms with Crippen LogP contribution in [-0.2, 0) is 19.1 Å². The average molecular weight is 443 g/mol. The van der Waals surface area contributed by atoms with Crippen molar-refractivity contribution in [2.75, 3.05) is 6.61 Å². The summed E-state index contributed by atoms with van der Waals surface area (Å²) >= 11 is 24.7. The van der Waals surface area contributed by atoms with E-state index in [9.17, 15) is 8.42 Å². The summed E-state index contributed by atoms with van der Waals surface area (Å²) in [6.45, 7) is 1.89. The van der Waals surface area contributed by atoms with E-state index in [-0.39, 0.29) is 16.5 Å². The molecule has 0 aromatic heterocycles. The van der Waals surface area contributed by atoms with Gasteiger partial charge in [0.1, 0.15) is 4.90 Å². The van der Waals surface area contributed by atoms with Crippen molar-refractivity contribution in [2.45, 2.75) is 22.4 Å². The van der Waals surface area contributed by atoms with E-state index in [0.717, 1.165) is 0 Å². The van der Waals surface area contributed by atoms with Crippen LogP contribution in [0, 0.1) is 0 Å². The Balaban J connectivity index is 2.38. The molecule has 0 aliphatic carbocycles. The predicted molar refractivity (Wildman–Crippen MR) is 102 cm³/mol. The van der Waals surface area contributed by atoms with E-state index in [2.05, 4.69) is 4.72 Å². The minimum Gasteiger partial charge on any atom is -0.359 e. The molecule has 0 radical (unpaired) electrons. The molecule has 0 aliphatic heterocycles. The molecule has 9 heteroatoms. The highest BCUT2D eigenvalue weighted by Crippen LogP contribution is 2.39. The van der Waals surface area contributed by atoms with Crippen LogP contribution in [0.25, 0.3) is 0 Å². The van der Waals surface area contributed by atoms with Crippen molar-refractivity contribution in [1.82, 2.24) is 4.72 Å². The van der Waals surface area contributed by atoms with Gasteiger partial charge in [-0.15, -0.1) is 0 Å². The monoisotopic (exact) mass is 441 g/mol. The standard InChI is InChI=1S/C16H15Cl4NO3S/c1-2-24-15(16(19,20)11-6-4-3-5-7-11)21-25(22,23)14-9-8-12(17)10-13(14)18/h3-10,15,21H,2H2,1H3. The number of halogens is 4. The van der Waals surface area contributed by atoms with E-state index < -0.39 is 20.6 Å². The van der Waals surface area contributed by atoms with Gasteiger partial charge in [-0.05, 0) is 30.7 Å². The van der Waals surface area contributed by atoms with Crippen molar-refractivity contribution in [3.05, 3.63) is 64.1 Å². The van der Waals surface area contributed by atoms with Gasteiger partial charge in [0.05, 0.1) is 5.02 Å². The van der Waals surface area contributed by atoms with Gasteiger partial charge in [-0.3, -0.25) is 0 Å². The van der Waals surface area contributed by atoms with E-state index in [1.807, 2.05) is 0 Å². The summed E-state index contributed by atoms with van der Waals surface area (Å²) in [7, 11) is -4.05. The van der Waals surface area contributed by atoms with Crippen LogP contribution in [0.3, 0.4) is 0 Å². The number of alkyl halides is 2. The number of sulfonamides is 1. The minimum atomic E-state index is -4.05. The van der Waals surface area contributed by atoms with E-state index in [1.165, 1.54) is 18.2 Å². The molecule has 1 unspecified atom stereocenters. The summed E-state index contributed by atoms with van der Waals surface area (Å²) in [5.41, 5.74) is 0.488. The number of rotatable bonds is 7. The lowest BCUT2D eigenvalue weighted by atomic mass is 10.1. The fraction of sp³-hybridized carbons (Fsp3) is 0.250. The molecule has 0 saturated carbocycles. The van der Waals surface area contributed by atoms with E-state index in [1.54, 1.807) is 37.3 Å². The molecule has 0 spiro atoms. The van der Waals surface area contributed by atoms with Gasteiger partial charge in [-0.2, -0.15) is 4.72 Å². The number of hydrogen-bond acceptors (Lipinski definition) is 3. The zero-order valence-electron chi connectivity index (χ0n) is 13.0. The van der Waals surface area contributed by atoms with E-state index in [0.29, 0.717) is 10.6 Å². The summed E-state index contributed by atoms with van der Waals surface area (Å²) in [6.07, 6.45) is -1.24. The highest BCUT2D eigenvalue weighted by atomic mass is 35.5. The zero-order chi connectivity index (χ0) is 18.7. The van der Waals surface area contributed by atoms with Crippen LogP contribution in [-0.4, -0.2) is 21.3 Å². The molecule has 0 heterocycles. The Labute approximate surface area is 167 Å². The second-order valence-corrected chi connectivity index (χ2v) is 8.93. The van der Waals surface area contributed by atoms with E-state index in [4.69, 9.17) is 51.1 Å². The molecular weight excluding hydrogens is 428 g/mol. The van der Waals surface area contributed by atoms with Crippen molar-refractivity contribution in [3.63, 3.8) is 0 Å². The molecule has 1 N–H and O–H groups in total. The molecule has 0 saturated heterocycles. The highest BCUT2D eigenvalue weighted by Gasteiger charge is 2.40. The first kappa shape index (κ1) is 20.8.